The summed E-state index contributed by atoms with van der Waals surface area (Å²) in [5, 5.41) is 0. The van der Waals surface area contributed by atoms with E-state index >= 15 is 0 Å². The van der Waals surface area contributed by atoms with Gasteiger partial charge >= 0.3 is 0 Å². The summed E-state index contributed by atoms with van der Waals surface area (Å²) in [4.78, 5) is 13.9. The van der Waals surface area contributed by atoms with Gasteiger partial charge in [-0.1, -0.05) is 12.1 Å². The van der Waals surface area contributed by atoms with Crippen LogP contribution in [-0.4, -0.2) is 51.4 Å². The van der Waals surface area contributed by atoms with E-state index in [0.717, 1.165) is 24.3 Å². The van der Waals surface area contributed by atoms with Gasteiger partial charge < -0.3 is 19.1 Å². The molecular formula is C15H21NO4. The smallest absolute Gasteiger partial charge is 0.248 e. The third kappa shape index (κ3) is 3.49. The van der Waals surface area contributed by atoms with E-state index in [1.807, 2.05) is 17.0 Å². The fraction of sp³-hybridized carbons (Fsp3) is 0.533. The van der Waals surface area contributed by atoms with Gasteiger partial charge in [-0.2, -0.15) is 0 Å². The van der Waals surface area contributed by atoms with Gasteiger partial charge in [-0.15, -0.1) is 0 Å². The van der Waals surface area contributed by atoms with Gasteiger partial charge in [0.1, 0.15) is 12.4 Å². The third-order valence-electron chi connectivity index (χ3n) is 3.46. The first-order valence-electron chi connectivity index (χ1n) is 6.75. The first-order chi connectivity index (χ1) is 9.76. The van der Waals surface area contributed by atoms with E-state index < -0.39 is 0 Å². The molecule has 0 N–H and O–H groups in total. The maximum atomic E-state index is 12.1. The first kappa shape index (κ1) is 14.8. The zero-order valence-corrected chi connectivity index (χ0v) is 12.1. The fourth-order valence-electron chi connectivity index (χ4n) is 2.35. The Morgan fingerprint density at radius 3 is 2.90 bits per heavy atom. The molecule has 1 amide bonds. The Morgan fingerprint density at radius 1 is 1.30 bits per heavy atom. The molecule has 5 heteroatoms. The van der Waals surface area contributed by atoms with Gasteiger partial charge in [-0.05, 0) is 18.1 Å². The highest BCUT2D eigenvalue weighted by Crippen LogP contribution is 2.27. The lowest BCUT2D eigenvalue weighted by Crippen LogP contribution is -2.38. The van der Waals surface area contributed by atoms with Crippen LogP contribution in [0.1, 0.15) is 11.1 Å². The van der Waals surface area contributed by atoms with E-state index in [4.69, 9.17) is 14.2 Å². The number of carbonyl (C=O) groups is 1. The number of hydrogen-bond donors (Lipinski definition) is 0. The summed E-state index contributed by atoms with van der Waals surface area (Å²) in [5.74, 6) is 0.859. The lowest BCUT2D eigenvalue weighted by Gasteiger charge is -2.29. The maximum Gasteiger partial charge on any atom is 0.248 e. The highest BCUT2D eigenvalue weighted by Gasteiger charge is 2.22. The van der Waals surface area contributed by atoms with Crippen molar-refractivity contribution in [3.8, 4) is 5.75 Å². The topological polar surface area (TPSA) is 48.0 Å². The lowest BCUT2D eigenvalue weighted by atomic mass is 9.99. The largest absolute Gasteiger partial charge is 0.496 e. The van der Waals surface area contributed by atoms with Crippen LogP contribution < -0.4 is 4.74 Å². The molecular weight excluding hydrogens is 258 g/mol. The van der Waals surface area contributed by atoms with Crippen molar-refractivity contribution in [1.29, 1.82) is 0 Å². The van der Waals surface area contributed by atoms with E-state index in [2.05, 4.69) is 6.07 Å². The second kappa shape index (κ2) is 7.26. The SMILES string of the molecule is COCCOCC(=O)N1CCc2cccc(OC)c2C1. The average Bonchev–Trinajstić information content (AvgIpc) is 2.50. The van der Waals surface area contributed by atoms with E-state index in [9.17, 15) is 4.79 Å². The van der Waals surface area contributed by atoms with Crippen LogP contribution in [0.3, 0.4) is 0 Å². The molecule has 5 nitrogen and oxygen atoms in total. The molecule has 1 heterocycles. The summed E-state index contributed by atoms with van der Waals surface area (Å²) in [6, 6.07) is 6.01. The Balaban J connectivity index is 1.94. The van der Waals surface area contributed by atoms with Crippen LogP contribution >= 0.6 is 0 Å². The minimum Gasteiger partial charge on any atom is -0.496 e. The van der Waals surface area contributed by atoms with E-state index in [0.29, 0.717) is 19.8 Å². The van der Waals surface area contributed by atoms with Crippen molar-refractivity contribution in [3.63, 3.8) is 0 Å². The predicted octanol–water partition coefficient (Wildman–Crippen LogP) is 1.24. The van der Waals surface area contributed by atoms with Gasteiger partial charge in [0.2, 0.25) is 5.91 Å². The lowest BCUT2D eigenvalue weighted by molar-refractivity contribution is -0.137. The van der Waals surface area contributed by atoms with Crippen molar-refractivity contribution < 1.29 is 19.0 Å². The summed E-state index contributed by atoms with van der Waals surface area (Å²) >= 11 is 0. The molecule has 0 saturated carbocycles. The zero-order valence-electron chi connectivity index (χ0n) is 12.1. The van der Waals surface area contributed by atoms with Crippen molar-refractivity contribution in [2.75, 3.05) is 40.6 Å². The number of methoxy groups -OCH3 is 2. The standard InChI is InChI=1S/C15H21NO4/c1-18-8-9-20-11-15(17)16-7-6-12-4-3-5-14(19-2)13(12)10-16/h3-5H,6-11H2,1-2H3. The first-order valence-corrected chi connectivity index (χ1v) is 6.75. The molecule has 0 aromatic heterocycles. The number of ether oxygens (including phenoxy) is 3. The minimum absolute atomic E-state index is 0.0117. The van der Waals surface area contributed by atoms with Gasteiger partial charge in [-0.3, -0.25) is 4.79 Å². The van der Waals surface area contributed by atoms with Gasteiger partial charge in [0, 0.05) is 25.8 Å². The van der Waals surface area contributed by atoms with Crippen LogP contribution in [0.4, 0.5) is 0 Å². The molecule has 0 saturated heterocycles. The molecule has 0 radical (unpaired) electrons. The predicted molar refractivity (Wildman–Crippen MR) is 74.8 cm³/mol. The van der Waals surface area contributed by atoms with Crippen molar-refractivity contribution in [3.05, 3.63) is 29.3 Å². The monoisotopic (exact) mass is 279 g/mol. The number of nitrogens with zero attached hydrogens (tertiary/aromatic N) is 1. The summed E-state index contributed by atoms with van der Waals surface area (Å²) in [7, 11) is 3.27. The molecule has 110 valence electrons. The Bertz CT molecular complexity index is 447. The number of carbonyl (C=O) groups excluding carboxylic acids is 1. The highest BCUT2D eigenvalue weighted by molar-refractivity contribution is 5.78. The van der Waals surface area contributed by atoms with Crippen molar-refractivity contribution in [1.82, 2.24) is 4.90 Å². The highest BCUT2D eigenvalue weighted by atomic mass is 16.5. The van der Waals surface area contributed by atoms with E-state index in [-0.39, 0.29) is 12.5 Å². The van der Waals surface area contributed by atoms with E-state index in [1.165, 1.54) is 5.56 Å². The van der Waals surface area contributed by atoms with E-state index in [1.54, 1.807) is 14.2 Å². The second-order valence-corrected chi connectivity index (χ2v) is 4.71. The van der Waals surface area contributed by atoms with Crippen LogP contribution in [0.15, 0.2) is 18.2 Å². The fourth-order valence-corrected chi connectivity index (χ4v) is 2.35. The third-order valence-corrected chi connectivity index (χ3v) is 3.46. The van der Waals surface area contributed by atoms with Crippen LogP contribution in [-0.2, 0) is 27.2 Å². The number of benzene rings is 1. The Kier molecular flexibility index (Phi) is 5.38. The van der Waals surface area contributed by atoms with Crippen LogP contribution in [0, 0.1) is 0 Å². The summed E-state index contributed by atoms with van der Waals surface area (Å²) in [6.07, 6.45) is 0.857. The van der Waals surface area contributed by atoms with Gasteiger partial charge in [0.25, 0.3) is 0 Å². The van der Waals surface area contributed by atoms with Crippen LogP contribution in [0.5, 0.6) is 5.75 Å². The van der Waals surface area contributed by atoms with Gasteiger partial charge in [-0.25, -0.2) is 0 Å². The van der Waals surface area contributed by atoms with Crippen molar-refractivity contribution in [2.24, 2.45) is 0 Å². The molecule has 1 aliphatic rings. The van der Waals surface area contributed by atoms with Crippen LogP contribution in [0.2, 0.25) is 0 Å². The molecule has 0 spiro atoms. The number of rotatable bonds is 6. The maximum absolute atomic E-state index is 12.1. The normalized spacial score (nSPS) is 14.0. The minimum atomic E-state index is 0.0117. The molecule has 0 atom stereocenters. The Hall–Kier alpha value is -1.59. The summed E-state index contributed by atoms with van der Waals surface area (Å²) in [6.45, 7) is 2.37. The zero-order chi connectivity index (χ0) is 14.4. The molecule has 0 bridgehead atoms. The summed E-state index contributed by atoms with van der Waals surface area (Å²) in [5.41, 5.74) is 2.36. The molecule has 2 rings (SSSR count). The second-order valence-electron chi connectivity index (χ2n) is 4.71. The van der Waals surface area contributed by atoms with Crippen molar-refractivity contribution in [2.45, 2.75) is 13.0 Å². The molecule has 0 aliphatic carbocycles. The molecule has 0 unspecified atom stereocenters. The molecule has 1 aliphatic heterocycles. The average molecular weight is 279 g/mol. The Labute approximate surface area is 119 Å². The summed E-state index contributed by atoms with van der Waals surface area (Å²) < 4.78 is 15.5. The number of hydrogen-bond acceptors (Lipinski definition) is 4. The quantitative estimate of drug-likeness (QED) is 0.735. The van der Waals surface area contributed by atoms with Gasteiger partial charge in [0.05, 0.1) is 20.3 Å². The Morgan fingerprint density at radius 2 is 2.15 bits per heavy atom. The van der Waals surface area contributed by atoms with Crippen molar-refractivity contribution >= 4 is 5.91 Å². The molecule has 20 heavy (non-hydrogen) atoms. The van der Waals surface area contributed by atoms with Gasteiger partial charge in [0.15, 0.2) is 0 Å². The molecule has 1 aromatic rings. The van der Waals surface area contributed by atoms with Crippen LogP contribution in [0.25, 0.3) is 0 Å². The molecule has 0 fully saturated rings. The number of fused-ring (bicyclic) bond motifs is 1. The number of amides is 1. The molecule has 1 aromatic carbocycles.